The number of nitrogens with two attached hydrogens (primary N) is 2. The molecule has 0 saturated carbocycles. The molecular formula is C22H23N5O2. The van der Waals surface area contributed by atoms with Gasteiger partial charge < -0.3 is 21.0 Å². The molecular weight excluding hydrogens is 366 g/mol. The lowest BCUT2D eigenvalue weighted by molar-refractivity contribution is 0.0599. The Morgan fingerprint density at radius 3 is 2.41 bits per heavy atom. The van der Waals surface area contributed by atoms with Gasteiger partial charge in [-0.25, -0.2) is 4.79 Å². The smallest absolute Gasteiger partial charge is 0.339 e. The Kier molecular flexibility index (Phi) is 6.42. The summed E-state index contributed by atoms with van der Waals surface area (Å²) in [6.45, 7) is 0.629. The molecule has 0 radical (unpaired) electrons. The zero-order valence-corrected chi connectivity index (χ0v) is 16.2. The van der Waals surface area contributed by atoms with E-state index in [9.17, 15) is 4.79 Å². The third-order valence-corrected chi connectivity index (χ3v) is 4.51. The maximum atomic E-state index is 12.3. The summed E-state index contributed by atoms with van der Waals surface area (Å²) >= 11 is 0. The standard InChI is InChI=1S/C22H23N5O2/c1-29-22(28)21-15-27(13-17-7-5-16(6-8-17)11-25-23)14-20(21)10-18-3-2-4-19(9-18)12-26-24/h2-9,11-12,14-15H,10,13,23-24H2,1H3. The quantitative estimate of drug-likeness (QED) is 0.280. The van der Waals surface area contributed by atoms with Gasteiger partial charge in [-0.1, -0.05) is 42.5 Å². The normalized spacial score (nSPS) is 11.3. The molecule has 0 atom stereocenters. The van der Waals surface area contributed by atoms with Crippen LogP contribution in [-0.4, -0.2) is 30.1 Å². The van der Waals surface area contributed by atoms with Crippen molar-refractivity contribution in [1.29, 1.82) is 0 Å². The fraction of sp³-hybridized carbons (Fsp3) is 0.136. The van der Waals surface area contributed by atoms with Gasteiger partial charge in [0.05, 0.1) is 25.1 Å². The zero-order valence-electron chi connectivity index (χ0n) is 16.2. The van der Waals surface area contributed by atoms with E-state index in [0.717, 1.165) is 27.8 Å². The van der Waals surface area contributed by atoms with Gasteiger partial charge in [-0.2, -0.15) is 10.2 Å². The van der Waals surface area contributed by atoms with Gasteiger partial charge >= 0.3 is 5.97 Å². The van der Waals surface area contributed by atoms with Gasteiger partial charge in [-0.15, -0.1) is 0 Å². The number of esters is 1. The Labute approximate surface area is 169 Å². The van der Waals surface area contributed by atoms with Gasteiger partial charge in [0.25, 0.3) is 0 Å². The van der Waals surface area contributed by atoms with Gasteiger partial charge in [0, 0.05) is 18.9 Å². The average Bonchev–Trinajstić information content (AvgIpc) is 3.11. The maximum Gasteiger partial charge on any atom is 0.339 e. The molecule has 7 heteroatoms. The molecule has 3 aromatic rings. The Bertz CT molecular complexity index is 1040. The lowest BCUT2D eigenvalue weighted by Crippen LogP contribution is -2.03. The van der Waals surface area contributed by atoms with Gasteiger partial charge in [0.1, 0.15) is 0 Å². The number of methoxy groups -OCH3 is 1. The van der Waals surface area contributed by atoms with Crippen LogP contribution in [0.2, 0.25) is 0 Å². The summed E-state index contributed by atoms with van der Waals surface area (Å²) in [5.74, 6) is 10.1. The summed E-state index contributed by atoms with van der Waals surface area (Å²) in [5, 5.41) is 7.09. The third-order valence-electron chi connectivity index (χ3n) is 4.51. The Morgan fingerprint density at radius 1 is 1.00 bits per heavy atom. The number of hydrazone groups is 2. The van der Waals surface area contributed by atoms with Crippen LogP contribution in [0.25, 0.3) is 0 Å². The van der Waals surface area contributed by atoms with E-state index in [-0.39, 0.29) is 5.97 Å². The SMILES string of the molecule is COC(=O)c1cn(Cc2ccc(C=NN)cc2)cc1Cc1cccc(C=NN)c1. The van der Waals surface area contributed by atoms with E-state index < -0.39 is 0 Å². The molecule has 7 nitrogen and oxygen atoms in total. The lowest BCUT2D eigenvalue weighted by atomic mass is 10.0. The molecule has 148 valence electrons. The van der Waals surface area contributed by atoms with Crippen LogP contribution in [-0.2, 0) is 17.7 Å². The number of nitrogens with zero attached hydrogens (tertiary/aromatic N) is 3. The molecule has 0 amide bonds. The second-order valence-electron chi connectivity index (χ2n) is 6.58. The molecule has 0 aliphatic carbocycles. The van der Waals surface area contributed by atoms with Gasteiger partial charge in [-0.05, 0) is 40.3 Å². The molecule has 0 aliphatic heterocycles. The average molecular weight is 389 g/mol. The first-order chi connectivity index (χ1) is 14.1. The van der Waals surface area contributed by atoms with Crippen LogP contribution in [0.3, 0.4) is 0 Å². The summed E-state index contributed by atoms with van der Waals surface area (Å²) in [6, 6.07) is 15.8. The topological polar surface area (TPSA) is 108 Å². The predicted molar refractivity (Wildman–Crippen MR) is 114 cm³/mol. The van der Waals surface area contributed by atoms with E-state index in [1.165, 1.54) is 7.11 Å². The molecule has 0 spiro atoms. The second-order valence-corrected chi connectivity index (χ2v) is 6.58. The summed E-state index contributed by atoms with van der Waals surface area (Å²) < 4.78 is 6.95. The Morgan fingerprint density at radius 2 is 1.72 bits per heavy atom. The van der Waals surface area contributed by atoms with Gasteiger partial charge in [0.15, 0.2) is 0 Å². The van der Waals surface area contributed by atoms with Crippen molar-refractivity contribution in [1.82, 2.24) is 4.57 Å². The highest BCUT2D eigenvalue weighted by molar-refractivity contribution is 5.91. The molecule has 0 bridgehead atoms. The summed E-state index contributed by atoms with van der Waals surface area (Å²) in [5.41, 5.74) is 5.43. The number of hydrogen-bond donors (Lipinski definition) is 2. The first-order valence-corrected chi connectivity index (χ1v) is 9.04. The van der Waals surface area contributed by atoms with E-state index in [2.05, 4.69) is 10.2 Å². The number of hydrogen-bond acceptors (Lipinski definition) is 6. The van der Waals surface area contributed by atoms with Crippen LogP contribution in [0, 0.1) is 0 Å². The molecule has 2 aromatic carbocycles. The lowest BCUT2D eigenvalue weighted by Gasteiger charge is -2.04. The Balaban J connectivity index is 1.86. The van der Waals surface area contributed by atoms with Crippen molar-refractivity contribution in [2.45, 2.75) is 13.0 Å². The molecule has 4 N–H and O–H groups in total. The highest BCUT2D eigenvalue weighted by Crippen LogP contribution is 2.19. The molecule has 29 heavy (non-hydrogen) atoms. The number of benzene rings is 2. The van der Waals surface area contributed by atoms with Crippen molar-refractivity contribution < 1.29 is 9.53 Å². The minimum Gasteiger partial charge on any atom is -0.465 e. The molecule has 1 heterocycles. The number of ether oxygens (including phenoxy) is 1. The van der Waals surface area contributed by atoms with Crippen molar-refractivity contribution in [3.63, 3.8) is 0 Å². The monoisotopic (exact) mass is 389 g/mol. The molecule has 3 rings (SSSR count). The fourth-order valence-electron chi connectivity index (χ4n) is 3.18. The van der Waals surface area contributed by atoms with Crippen molar-refractivity contribution in [3.05, 3.63) is 94.3 Å². The van der Waals surface area contributed by atoms with Crippen LogP contribution in [0.15, 0.2) is 71.1 Å². The van der Waals surface area contributed by atoms with Crippen LogP contribution in [0.1, 0.15) is 38.2 Å². The van der Waals surface area contributed by atoms with Crippen LogP contribution < -0.4 is 11.7 Å². The number of rotatable bonds is 7. The summed E-state index contributed by atoms with van der Waals surface area (Å²) in [6.07, 6.45) is 7.58. The van der Waals surface area contributed by atoms with Crippen LogP contribution in [0.4, 0.5) is 0 Å². The first-order valence-electron chi connectivity index (χ1n) is 9.04. The highest BCUT2D eigenvalue weighted by Gasteiger charge is 2.16. The Hall–Kier alpha value is -3.87. The van der Waals surface area contributed by atoms with E-state index in [1.807, 2.05) is 65.5 Å². The molecule has 0 saturated heterocycles. The predicted octanol–water partition coefficient (Wildman–Crippen LogP) is 2.50. The molecule has 0 aliphatic rings. The van der Waals surface area contributed by atoms with Crippen LogP contribution >= 0.6 is 0 Å². The van der Waals surface area contributed by atoms with Gasteiger partial charge in [-0.3, -0.25) is 0 Å². The largest absolute Gasteiger partial charge is 0.465 e. The zero-order chi connectivity index (χ0) is 20.6. The van der Waals surface area contributed by atoms with Crippen molar-refractivity contribution in [2.75, 3.05) is 7.11 Å². The maximum absolute atomic E-state index is 12.3. The fourth-order valence-corrected chi connectivity index (χ4v) is 3.18. The third kappa shape index (κ3) is 5.10. The molecule has 0 unspecified atom stereocenters. The highest BCUT2D eigenvalue weighted by atomic mass is 16.5. The van der Waals surface area contributed by atoms with E-state index in [1.54, 1.807) is 12.4 Å². The van der Waals surface area contributed by atoms with Gasteiger partial charge in [0.2, 0.25) is 0 Å². The van der Waals surface area contributed by atoms with Crippen molar-refractivity contribution >= 4 is 18.4 Å². The summed E-state index contributed by atoms with van der Waals surface area (Å²) in [4.78, 5) is 12.3. The number of carbonyl (C=O) groups excluding carboxylic acids is 1. The number of carbonyl (C=O) groups is 1. The van der Waals surface area contributed by atoms with E-state index >= 15 is 0 Å². The molecule has 0 fully saturated rings. The van der Waals surface area contributed by atoms with Crippen LogP contribution in [0.5, 0.6) is 0 Å². The van der Waals surface area contributed by atoms with Crippen molar-refractivity contribution in [2.24, 2.45) is 21.9 Å². The summed E-state index contributed by atoms with van der Waals surface area (Å²) in [7, 11) is 1.39. The number of aromatic nitrogens is 1. The molecule has 1 aromatic heterocycles. The second kappa shape index (κ2) is 9.36. The van der Waals surface area contributed by atoms with E-state index in [4.69, 9.17) is 16.4 Å². The first kappa shape index (κ1) is 19.9. The minimum absolute atomic E-state index is 0.354. The van der Waals surface area contributed by atoms with Crippen molar-refractivity contribution in [3.8, 4) is 0 Å². The van der Waals surface area contributed by atoms with E-state index in [0.29, 0.717) is 18.5 Å². The minimum atomic E-state index is -0.354.